The first-order valence-electron chi connectivity index (χ1n) is 3.69. The summed E-state index contributed by atoms with van der Waals surface area (Å²) in [6.07, 6.45) is 7.04. The molecule has 0 bridgehead atoms. The van der Waals surface area contributed by atoms with Crippen LogP contribution in [0.4, 0.5) is 0 Å². The van der Waals surface area contributed by atoms with Gasteiger partial charge in [-0.25, -0.2) is 0 Å². The summed E-state index contributed by atoms with van der Waals surface area (Å²) in [5, 5.41) is 8.94. The lowest BCUT2D eigenvalue weighted by atomic mass is 9.76. The lowest BCUT2D eigenvalue weighted by Gasteiger charge is -2.30. The molecular formula is C8H15O. The first-order chi connectivity index (χ1) is 4.27. The van der Waals surface area contributed by atoms with Gasteiger partial charge in [0.05, 0.1) is 0 Å². The van der Waals surface area contributed by atoms with Gasteiger partial charge in [-0.05, 0) is 37.5 Å². The zero-order valence-electron chi connectivity index (χ0n) is 6.06. The fraction of sp³-hybridized carbons (Fsp3) is 0.875. The molecule has 0 spiro atoms. The Balaban J connectivity index is 2.37. The van der Waals surface area contributed by atoms with Gasteiger partial charge in [0.25, 0.3) is 0 Å². The first kappa shape index (κ1) is 7.07. The van der Waals surface area contributed by atoms with E-state index in [0.29, 0.717) is 6.61 Å². The highest BCUT2D eigenvalue weighted by molar-refractivity contribution is 4.84. The maximum absolute atomic E-state index is 8.94. The first-order valence-corrected chi connectivity index (χ1v) is 3.69. The maximum Gasteiger partial charge on any atom is 0.0484 e. The molecule has 0 aromatic rings. The third-order valence-electron chi connectivity index (χ3n) is 2.29. The zero-order chi connectivity index (χ0) is 6.74. The number of hydrogen-bond acceptors (Lipinski definition) is 1. The van der Waals surface area contributed by atoms with Crippen molar-refractivity contribution >= 4 is 0 Å². The molecule has 0 heterocycles. The topological polar surface area (TPSA) is 20.2 Å². The summed E-state index contributed by atoms with van der Waals surface area (Å²) in [5.74, 6) is 0. The van der Waals surface area contributed by atoms with Crippen LogP contribution in [-0.2, 0) is 0 Å². The zero-order valence-corrected chi connectivity index (χ0v) is 6.06. The van der Waals surface area contributed by atoms with Crippen molar-refractivity contribution in [3.63, 3.8) is 0 Å². The number of aliphatic hydroxyl groups is 1. The summed E-state index contributed by atoms with van der Waals surface area (Å²) in [6.45, 7) is 2.53. The van der Waals surface area contributed by atoms with Crippen molar-refractivity contribution in [2.75, 3.05) is 6.61 Å². The molecule has 0 amide bonds. The summed E-state index contributed by atoms with van der Waals surface area (Å²) in [4.78, 5) is 0. The van der Waals surface area contributed by atoms with Crippen molar-refractivity contribution in [2.24, 2.45) is 5.41 Å². The van der Waals surface area contributed by atoms with Gasteiger partial charge in [0.2, 0.25) is 0 Å². The molecule has 1 fully saturated rings. The molecule has 1 N–H and O–H groups in total. The fourth-order valence-corrected chi connectivity index (χ4v) is 1.33. The van der Waals surface area contributed by atoms with E-state index in [0.717, 1.165) is 0 Å². The van der Waals surface area contributed by atoms with Crippen molar-refractivity contribution in [3.05, 3.63) is 6.42 Å². The van der Waals surface area contributed by atoms with Gasteiger partial charge in [0.1, 0.15) is 0 Å². The minimum atomic E-state index is 0.245. The Morgan fingerprint density at radius 1 is 1.44 bits per heavy atom. The van der Waals surface area contributed by atoms with E-state index in [2.05, 4.69) is 13.3 Å². The van der Waals surface area contributed by atoms with E-state index in [1.54, 1.807) is 0 Å². The molecule has 53 valence electrons. The monoisotopic (exact) mass is 127 g/mol. The smallest absolute Gasteiger partial charge is 0.0484 e. The number of hydrogen-bond donors (Lipinski definition) is 1. The van der Waals surface area contributed by atoms with Gasteiger partial charge in [-0.1, -0.05) is 6.92 Å². The minimum Gasteiger partial charge on any atom is -0.396 e. The maximum atomic E-state index is 8.94. The summed E-state index contributed by atoms with van der Waals surface area (Å²) in [6, 6.07) is 0. The van der Waals surface area contributed by atoms with Crippen LogP contribution in [0.3, 0.4) is 0 Å². The summed E-state index contributed by atoms with van der Waals surface area (Å²) >= 11 is 0. The molecule has 1 heteroatoms. The second kappa shape index (κ2) is 2.70. The molecule has 1 saturated carbocycles. The average Bonchev–Trinajstić information content (AvgIpc) is 1.90. The van der Waals surface area contributed by atoms with Crippen LogP contribution >= 0.6 is 0 Å². The minimum absolute atomic E-state index is 0.245. The van der Waals surface area contributed by atoms with Crippen LogP contribution in [0.2, 0.25) is 0 Å². The Hall–Kier alpha value is -0.0400. The van der Waals surface area contributed by atoms with Crippen LogP contribution in [0.5, 0.6) is 0 Å². The third kappa shape index (κ3) is 1.68. The van der Waals surface area contributed by atoms with Gasteiger partial charge in [0, 0.05) is 6.61 Å². The van der Waals surface area contributed by atoms with Crippen LogP contribution in [0.15, 0.2) is 0 Å². The second-order valence-electron chi connectivity index (χ2n) is 3.33. The number of aliphatic hydroxyl groups excluding tert-OH is 1. The Labute approximate surface area is 57.1 Å². The van der Waals surface area contributed by atoms with Crippen LogP contribution in [0.25, 0.3) is 0 Å². The van der Waals surface area contributed by atoms with E-state index in [-0.39, 0.29) is 5.41 Å². The van der Waals surface area contributed by atoms with Crippen molar-refractivity contribution in [1.29, 1.82) is 0 Å². The Morgan fingerprint density at radius 2 is 2.00 bits per heavy atom. The molecular weight excluding hydrogens is 112 g/mol. The van der Waals surface area contributed by atoms with Crippen LogP contribution in [0, 0.1) is 11.8 Å². The van der Waals surface area contributed by atoms with E-state index >= 15 is 0 Å². The van der Waals surface area contributed by atoms with E-state index in [9.17, 15) is 0 Å². The highest BCUT2D eigenvalue weighted by Gasteiger charge is 2.25. The molecule has 0 aromatic carbocycles. The Morgan fingerprint density at radius 3 is 2.33 bits per heavy atom. The molecule has 0 unspecified atom stereocenters. The largest absolute Gasteiger partial charge is 0.396 e. The molecule has 1 radical (unpaired) electrons. The van der Waals surface area contributed by atoms with Crippen LogP contribution in [0.1, 0.15) is 32.6 Å². The molecule has 9 heavy (non-hydrogen) atoms. The van der Waals surface area contributed by atoms with Crippen LogP contribution in [-0.4, -0.2) is 11.7 Å². The third-order valence-corrected chi connectivity index (χ3v) is 2.29. The molecule has 0 aromatic heterocycles. The fourth-order valence-electron chi connectivity index (χ4n) is 1.33. The molecule has 1 aliphatic rings. The lowest BCUT2D eigenvalue weighted by Crippen LogP contribution is -2.24. The quantitative estimate of drug-likeness (QED) is 0.569. The molecule has 1 nitrogen and oxygen atoms in total. The van der Waals surface area contributed by atoms with Gasteiger partial charge < -0.3 is 5.11 Å². The summed E-state index contributed by atoms with van der Waals surface area (Å²) in [5.41, 5.74) is 0.245. The van der Waals surface area contributed by atoms with Crippen LogP contribution < -0.4 is 0 Å². The summed E-state index contributed by atoms with van der Waals surface area (Å²) < 4.78 is 0. The highest BCUT2D eigenvalue weighted by Crippen LogP contribution is 2.34. The number of rotatable bonds is 1. The molecule has 0 saturated heterocycles. The highest BCUT2D eigenvalue weighted by atomic mass is 16.3. The Bertz CT molecular complexity index is 82.6. The predicted octanol–water partition coefficient (Wildman–Crippen LogP) is 1.76. The van der Waals surface area contributed by atoms with Crippen molar-refractivity contribution in [1.82, 2.24) is 0 Å². The SMILES string of the molecule is CC1(CO)CC[CH]CC1. The van der Waals surface area contributed by atoms with E-state index < -0.39 is 0 Å². The Kier molecular flexibility index (Phi) is 2.12. The van der Waals surface area contributed by atoms with E-state index in [1.807, 2.05) is 0 Å². The standard InChI is InChI=1S/C8H15O/c1-8(7-9)5-3-2-4-6-8/h2,9H,3-7H2,1H3. The average molecular weight is 127 g/mol. The molecule has 0 atom stereocenters. The van der Waals surface area contributed by atoms with Gasteiger partial charge in [-0.2, -0.15) is 0 Å². The van der Waals surface area contributed by atoms with Crippen molar-refractivity contribution in [3.8, 4) is 0 Å². The lowest BCUT2D eigenvalue weighted by molar-refractivity contribution is 0.112. The van der Waals surface area contributed by atoms with Gasteiger partial charge in [-0.15, -0.1) is 0 Å². The second-order valence-corrected chi connectivity index (χ2v) is 3.33. The van der Waals surface area contributed by atoms with E-state index in [4.69, 9.17) is 5.11 Å². The predicted molar refractivity (Wildman–Crippen MR) is 38.0 cm³/mol. The van der Waals surface area contributed by atoms with Gasteiger partial charge in [0.15, 0.2) is 0 Å². The van der Waals surface area contributed by atoms with Crippen molar-refractivity contribution < 1.29 is 5.11 Å². The molecule has 1 rings (SSSR count). The van der Waals surface area contributed by atoms with E-state index in [1.165, 1.54) is 25.7 Å². The van der Waals surface area contributed by atoms with Crippen molar-refractivity contribution in [2.45, 2.75) is 32.6 Å². The molecule has 0 aliphatic heterocycles. The molecule has 1 aliphatic carbocycles. The summed E-state index contributed by atoms with van der Waals surface area (Å²) in [7, 11) is 0. The van der Waals surface area contributed by atoms with Gasteiger partial charge >= 0.3 is 0 Å². The van der Waals surface area contributed by atoms with Gasteiger partial charge in [-0.3, -0.25) is 0 Å². The normalized spacial score (nSPS) is 26.0.